The van der Waals surface area contributed by atoms with Crippen LogP contribution in [0.2, 0.25) is 0 Å². The van der Waals surface area contributed by atoms with Gasteiger partial charge in [-0.15, -0.1) is 0 Å². The smallest absolute Gasteiger partial charge is 0.460 e. The van der Waals surface area contributed by atoms with Gasteiger partial charge in [0.05, 0.1) is 20.0 Å². The van der Waals surface area contributed by atoms with Crippen molar-refractivity contribution in [3.05, 3.63) is 18.7 Å². The van der Waals surface area contributed by atoms with Crippen LogP contribution in [-0.4, -0.2) is 64.0 Å². The SMILES string of the molecule is C[n+]1ccn(CCC(F)(F)C(F)(F)C(F)(F)C(F)(F)C(F)(F)C(F)(F)C(F)(F)C(F)(F)C(F)(F)C(F)(F)F)c1.[I-]. The van der Waals surface area contributed by atoms with Crippen molar-refractivity contribution in [1.29, 1.82) is 0 Å². The lowest BCUT2D eigenvalue weighted by Gasteiger charge is -2.44. The minimum atomic E-state index is -9.16. The number of nitrogens with zero attached hydrogens (tertiary/aromatic N) is 2. The summed E-state index contributed by atoms with van der Waals surface area (Å²) in [6, 6.07) is 0. The standard InChI is InChI=1S/C16H10F21N2.HI/c1-38-4-5-39(6-38)3-2-7(17,18)8(19,20)9(21,22)10(23,24)11(25,26)12(27,28)13(29,30)14(31,32)15(33,34)16(35,36)37;/h4-6H,2-3H2,1H3;1H/q+1;/p-1. The van der Waals surface area contributed by atoms with Crippen LogP contribution in [0.25, 0.3) is 0 Å². The molecule has 2 nitrogen and oxygen atoms in total. The predicted octanol–water partition coefficient (Wildman–Crippen LogP) is 3.99. The van der Waals surface area contributed by atoms with Gasteiger partial charge < -0.3 is 24.0 Å². The normalized spacial score (nSPS) is 15.8. The summed E-state index contributed by atoms with van der Waals surface area (Å²) in [5, 5.41) is 0. The third-order valence-electron chi connectivity index (χ3n) is 5.08. The maximum absolute atomic E-state index is 13.8. The van der Waals surface area contributed by atoms with Crippen LogP contribution in [0.3, 0.4) is 0 Å². The number of aryl methyl sites for hydroxylation is 2. The number of aromatic nitrogens is 2. The average molecular weight is 756 g/mol. The highest BCUT2D eigenvalue weighted by atomic mass is 127. The van der Waals surface area contributed by atoms with Crippen LogP contribution in [0.4, 0.5) is 92.2 Å². The summed E-state index contributed by atoms with van der Waals surface area (Å²) in [5.41, 5.74) is 0. The van der Waals surface area contributed by atoms with E-state index in [0.29, 0.717) is 4.57 Å². The molecular formula is C16H10F21IN2. The van der Waals surface area contributed by atoms with Crippen LogP contribution in [0, 0.1) is 0 Å². The molecule has 0 bridgehead atoms. The molecule has 1 heterocycles. The molecule has 0 aliphatic rings. The predicted molar refractivity (Wildman–Crippen MR) is 80.8 cm³/mol. The number of alkyl halides is 21. The Labute approximate surface area is 224 Å². The van der Waals surface area contributed by atoms with Gasteiger partial charge >= 0.3 is 59.5 Å². The summed E-state index contributed by atoms with van der Waals surface area (Å²) >= 11 is 0. The zero-order valence-corrected chi connectivity index (χ0v) is 20.5. The quantitative estimate of drug-likeness (QED) is 0.184. The van der Waals surface area contributed by atoms with E-state index in [1.165, 1.54) is 7.05 Å². The van der Waals surface area contributed by atoms with E-state index >= 15 is 0 Å². The topological polar surface area (TPSA) is 8.81 Å². The monoisotopic (exact) mass is 756 g/mol. The van der Waals surface area contributed by atoms with E-state index in [4.69, 9.17) is 0 Å². The van der Waals surface area contributed by atoms with E-state index in [1.807, 2.05) is 0 Å². The van der Waals surface area contributed by atoms with Crippen molar-refractivity contribution < 1.29 is 121 Å². The van der Waals surface area contributed by atoms with E-state index in [1.54, 1.807) is 0 Å². The largest absolute Gasteiger partial charge is 1.00 e. The van der Waals surface area contributed by atoms with Crippen molar-refractivity contribution in [1.82, 2.24) is 4.57 Å². The molecular weight excluding hydrogens is 746 g/mol. The third-order valence-corrected chi connectivity index (χ3v) is 5.08. The fraction of sp³-hybridized carbons (Fsp3) is 0.812. The summed E-state index contributed by atoms with van der Waals surface area (Å²) in [4.78, 5) is 0. The van der Waals surface area contributed by atoms with E-state index in [9.17, 15) is 92.2 Å². The molecule has 0 atom stereocenters. The van der Waals surface area contributed by atoms with Crippen LogP contribution >= 0.6 is 0 Å². The fourth-order valence-electron chi connectivity index (χ4n) is 2.65. The number of halogens is 22. The summed E-state index contributed by atoms with van der Waals surface area (Å²) in [5.74, 6) is -76.6. The first-order valence-electron chi connectivity index (χ1n) is 9.20. The van der Waals surface area contributed by atoms with Gasteiger partial charge in [0, 0.05) is 0 Å². The summed E-state index contributed by atoms with van der Waals surface area (Å²) in [6.45, 7) is -1.51. The Morgan fingerprint density at radius 2 is 0.800 bits per heavy atom. The summed E-state index contributed by atoms with van der Waals surface area (Å²) in [7, 11) is 1.17. The molecule has 1 rings (SSSR count). The molecule has 0 amide bonds. The van der Waals surface area contributed by atoms with Crippen LogP contribution < -0.4 is 28.5 Å². The molecule has 0 aliphatic heterocycles. The third kappa shape index (κ3) is 5.14. The van der Waals surface area contributed by atoms with Gasteiger partial charge in [-0.25, -0.2) is 9.13 Å². The molecule has 24 heteroatoms. The lowest BCUT2D eigenvalue weighted by Crippen LogP contribution is -3.00. The maximum Gasteiger partial charge on any atom is 0.460 e. The highest BCUT2D eigenvalue weighted by molar-refractivity contribution is 5.17. The van der Waals surface area contributed by atoms with Gasteiger partial charge in [0.2, 0.25) is 6.33 Å². The zero-order valence-electron chi connectivity index (χ0n) is 18.4. The highest BCUT2D eigenvalue weighted by Crippen LogP contribution is 2.66. The molecule has 0 fully saturated rings. The van der Waals surface area contributed by atoms with Crippen LogP contribution in [0.1, 0.15) is 6.42 Å². The first kappa shape index (κ1) is 38.5. The van der Waals surface area contributed by atoms with Gasteiger partial charge in [-0.1, -0.05) is 0 Å². The Bertz CT molecular complexity index is 1020. The van der Waals surface area contributed by atoms with Crippen molar-refractivity contribution in [2.75, 3.05) is 0 Å². The Hall–Kier alpha value is -1.53. The van der Waals surface area contributed by atoms with E-state index < -0.39 is 72.4 Å². The zero-order chi connectivity index (χ0) is 31.7. The molecule has 0 radical (unpaired) electrons. The first-order valence-corrected chi connectivity index (χ1v) is 9.20. The van der Waals surface area contributed by atoms with Crippen LogP contribution in [0.15, 0.2) is 18.7 Å². The molecule has 0 spiro atoms. The fourth-order valence-corrected chi connectivity index (χ4v) is 2.65. The molecule has 0 N–H and O–H groups in total. The van der Waals surface area contributed by atoms with Gasteiger partial charge in [0.15, 0.2) is 0 Å². The van der Waals surface area contributed by atoms with Gasteiger partial charge in [-0.3, -0.25) is 0 Å². The average Bonchev–Trinajstić information content (AvgIpc) is 3.15. The van der Waals surface area contributed by atoms with Crippen molar-refractivity contribution >= 4 is 0 Å². The molecule has 0 aromatic carbocycles. The number of imidazole rings is 1. The Kier molecular flexibility index (Phi) is 9.93. The molecule has 0 aliphatic carbocycles. The lowest BCUT2D eigenvalue weighted by molar-refractivity contribution is -0.671. The number of hydrogen-bond donors (Lipinski definition) is 0. The van der Waals surface area contributed by atoms with Crippen molar-refractivity contribution in [2.45, 2.75) is 72.4 Å². The Morgan fingerprint density at radius 3 is 1.07 bits per heavy atom. The summed E-state index contributed by atoms with van der Waals surface area (Å²) < 4.78 is 281. The molecule has 0 saturated carbocycles. The second-order valence-electron chi connectivity index (χ2n) is 7.86. The van der Waals surface area contributed by atoms with E-state index in [2.05, 4.69) is 0 Å². The summed E-state index contributed by atoms with van der Waals surface area (Å²) in [6.07, 6.45) is -8.12. The Morgan fingerprint density at radius 1 is 0.500 bits per heavy atom. The molecule has 40 heavy (non-hydrogen) atoms. The van der Waals surface area contributed by atoms with Gasteiger partial charge in [0.25, 0.3) is 0 Å². The minimum Gasteiger partial charge on any atom is -1.00 e. The maximum atomic E-state index is 13.8. The second kappa shape index (κ2) is 10.3. The minimum absolute atomic E-state index is 0. The molecule has 0 saturated heterocycles. The van der Waals surface area contributed by atoms with Crippen molar-refractivity contribution in [2.24, 2.45) is 7.05 Å². The van der Waals surface area contributed by atoms with Crippen LogP contribution in [0.5, 0.6) is 0 Å². The highest BCUT2D eigenvalue weighted by Gasteiger charge is 2.97. The lowest BCUT2D eigenvalue weighted by atomic mass is 9.86. The van der Waals surface area contributed by atoms with Crippen molar-refractivity contribution in [3.63, 3.8) is 0 Å². The van der Waals surface area contributed by atoms with Gasteiger partial charge in [0.1, 0.15) is 12.4 Å². The van der Waals surface area contributed by atoms with Gasteiger partial charge in [-0.2, -0.15) is 92.2 Å². The molecule has 0 unspecified atom stereocenters. The van der Waals surface area contributed by atoms with E-state index in [0.717, 1.165) is 23.3 Å². The first-order chi connectivity index (χ1) is 16.7. The molecule has 238 valence electrons. The van der Waals surface area contributed by atoms with Crippen LogP contribution in [-0.2, 0) is 13.6 Å². The van der Waals surface area contributed by atoms with Gasteiger partial charge in [-0.05, 0) is 0 Å². The molecule has 1 aromatic rings. The molecule has 1 aromatic heterocycles. The second-order valence-corrected chi connectivity index (χ2v) is 7.86. The number of rotatable bonds is 11. The van der Waals surface area contributed by atoms with Crippen molar-refractivity contribution in [3.8, 4) is 0 Å². The number of hydrogen-bond acceptors (Lipinski definition) is 0. The Balaban J connectivity index is 0.0000152. The van der Waals surface area contributed by atoms with E-state index in [-0.39, 0.29) is 24.0 Å².